The Morgan fingerprint density at radius 3 is 2.92 bits per heavy atom. The van der Waals surface area contributed by atoms with E-state index in [9.17, 15) is 4.39 Å². The van der Waals surface area contributed by atoms with E-state index in [1.54, 1.807) is 24.0 Å². The van der Waals surface area contributed by atoms with E-state index in [0.29, 0.717) is 28.1 Å². The Morgan fingerprint density at radius 1 is 1.25 bits per heavy atom. The third kappa shape index (κ3) is 2.03. The first kappa shape index (κ1) is 14.0. The van der Waals surface area contributed by atoms with Crippen LogP contribution in [0.4, 0.5) is 16.0 Å². The molecule has 2 aromatic heterocycles. The summed E-state index contributed by atoms with van der Waals surface area (Å²) in [6, 6.07) is 3.00. The van der Waals surface area contributed by atoms with Crippen molar-refractivity contribution in [2.75, 3.05) is 5.73 Å². The Balaban J connectivity index is 1.81. The van der Waals surface area contributed by atoms with Gasteiger partial charge < -0.3 is 10.3 Å². The standard InChI is InChI=1S/C16H11FN7/c1-23-8-21-12-5-9(10(17)6-13(12)23)3-4-11-14-15(18)19-7-20-16(14)24(2)22-11/h5-8H,2H2,1H3,(H2,18,19,20)/q+1. The molecule has 0 amide bonds. The van der Waals surface area contributed by atoms with E-state index in [0.717, 1.165) is 0 Å². The fraction of sp³-hybridized carbons (Fsp3) is 0.0625. The summed E-state index contributed by atoms with van der Waals surface area (Å²) in [5.41, 5.74) is 8.29. The molecule has 4 rings (SSSR count). The van der Waals surface area contributed by atoms with E-state index in [4.69, 9.17) is 5.73 Å². The molecule has 0 saturated carbocycles. The smallest absolute Gasteiger partial charge is 0.363 e. The first-order valence-corrected chi connectivity index (χ1v) is 6.97. The minimum Gasteiger partial charge on any atom is -0.383 e. The zero-order chi connectivity index (χ0) is 16.8. The van der Waals surface area contributed by atoms with E-state index >= 15 is 0 Å². The fourth-order valence-corrected chi connectivity index (χ4v) is 2.49. The normalized spacial score (nSPS) is 12.8. The number of hydrazone groups is 1. The molecule has 0 unspecified atom stereocenters. The van der Waals surface area contributed by atoms with Crippen molar-refractivity contribution < 1.29 is 9.07 Å². The number of benzene rings is 1. The van der Waals surface area contributed by atoms with Crippen LogP contribution in [0, 0.1) is 17.7 Å². The summed E-state index contributed by atoms with van der Waals surface area (Å²) in [6.45, 7) is 3.73. The summed E-state index contributed by atoms with van der Waals surface area (Å²) >= 11 is 0. The predicted octanol–water partition coefficient (Wildman–Crippen LogP) is 1.20. The molecule has 24 heavy (non-hydrogen) atoms. The molecule has 3 heterocycles. The Labute approximate surface area is 136 Å². The molecule has 1 aliphatic heterocycles. The van der Waals surface area contributed by atoms with E-state index in [-0.39, 0.29) is 11.4 Å². The quantitative estimate of drug-likeness (QED) is 0.498. The molecule has 7 nitrogen and oxygen atoms in total. The van der Waals surface area contributed by atoms with Crippen molar-refractivity contribution in [1.82, 2.24) is 19.5 Å². The summed E-state index contributed by atoms with van der Waals surface area (Å²) in [6.07, 6.45) is 2.95. The van der Waals surface area contributed by atoms with Crippen molar-refractivity contribution in [1.29, 1.82) is 0 Å². The van der Waals surface area contributed by atoms with Gasteiger partial charge in [0.2, 0.25) is 6.33 Å². The van der Waals surface area contributed by atoms with Crippen LogP contribution in [0.2, 0.25) is 0 Å². The van der Waals surface area contributed by atoms with Gasteiger partial charge in [-0.05, 0) is 17.0 Å². The van der Waals surface area contributed by atoms with E-state index < -0.39 is 5.82 Å². The minimum absolute atomic E-state index is 0.225. The molecular weight excluding hydrogens is 309 g/mol. The minimum atomic E-state index is -0.429. The molecule has 0 spiro atoms. The van der Waals surface area contributed by atoms with Gasteiger partial charge in [0.15, 0.2) is 11.3 Å². The molecule has 0 fully saturated rings. The zero-order valence-electron chi connectivity index (χ0n) is 12.7. The van der Waals surface area contributed by atoms with Gasteiger partial charge in [0, 0.05) is 13.1 Å². The van der Waals surface area contributed by atoms with Crippen molar-refractivity contribution in [3.05, 3.63) is 41.7 Å². The van der Waals surface area contributed by atoms with Crippen LogP contribution < -0.4 is 5.73 Å². The number of imidazole rings is 1. The molecule has 3 aromatic rings. The topological polar surface area (TPSA) is 85.0 Å². The molecular formula is C16H11FN7+. The van der Waals surface area contributed by atoms with Gasteiger partial charge in [0.1, 0.15) is 11.6 Å². The molecule has 1 aliphatic rings. The van der Waals surface area contributed by atoms with Crippen LogP contribution in [0.5, 0.6) is 0 Å². The van der Waals surface area contributed by atoms with Crippen molar-refractivity contribution in [3.8, 4) is 11.8 Å². The molecule has 0 radical (unpaired) electrons. The Kier molecular flexibility index (Phi) is 2.90. The molecule has 0 atom stereocenters. The van der Waals surface area contributed by atoms with Crippen LogP contribution in [0.15, 0.2) is 29.9 Å². The largest absolute Gasteiger partial charge is 0.383 e. The van der Waals surface area contributed by atoms with Gasteiger partial charge in [-0.15, -0.1) is 4.68 Å². The molecule has 1 aromatic carbocycles. The lowest BCUT2D eigenvalue weighted by Gasteiger charge is -1.97. The molecule has 8 heteroatoms. The summed E-state index contributed by atoms with van der Waals surface area (Å²) in [5.74, 6) is 5.88. The second-order valence-electron chi connectivity index (χ2n) is 5.23. The van der Waals surface area contributed by atoms with Crippen molar-refractivity contribution in [3.63, 3.8) is 0 Å². The second-order valence-corrected chi connectivity index (χ2v) is 5.23. The summed E-state index contributed by atoms with van der Waals surface area (Å²) < 4.78 is 17.3. The van der Waals surface area contributed by atoms with Gasteiger partial charge in [-0.25, -0.2) is 9.37 Å². The highest BCUT2D eigenvalue weighted by Crippen LogP contribution is 2.26. The highest BCUT2D eigenvalue weighted by molar-refractivity contribution is 6.18. The number of aromatic nitrogens is 4. The fourth-order valence-electron chi connectivity index (χ4n) is 2.49. The van der Waals surface area contributed by atoms with E-state index in [1.165, 1.54) is 17.1 Å². The third-order valence-corrected chi connectivity index (χ3v) is 3.69. The van der Waals surface area contributed by atoms with Crippen molar-refractivity contribution in [2.45, 2.75) is 0 Å². The zero-order valence-corrected chi connectivity index (χ0v) is 12.7. The maximum absolute atomic E-state index is 14.2. The monoisotopic (exact) mass is 320 g/mol. The SMILES string of the molecule is C=[N+]1N=C(C#Cc2cc3ncn(C)c3cc2F)c2c(N)ncnc21. The second kappa shape index (κ2) is 4.96. The Bertz CT molecular complexity index is 1110. The number of halogens is 1. The van der Waals surface area contributed by atoms with Gasteiger partial charge >= 0.3 is 5.82 Å². The van der Waals surface area contributed by atoms with E-state index in [1.807, 2.05) is 0 Å². The highest BCUT2D eigenvalue weighted by Gasteiger charge is 2.30. The van der Waals surface area contributed by atoms with Crippen molar-refractivity contribution >= 4 is 35.1 Å². The molecule has 0 bridgehead atoms. The summed E-state index contributed by atoms with van der Waals surface area (Å²) in [5, 5.41) is 4.17. The third-order valence-electron chi connectivity index (χ3n) is 3.69. The number of fused-ring (bicyclic) bond motifs is 2. The maximum Gasteiger partial charge on any atom is 0.363 e. The summed E-state index contributed by atoms with van der Waals surface area (Å²) in [4.78, 5) is 12.2. The molecule has 2 N–H and O–H groups in total. The van der Waals surface area contributed by atoms with Crippen LogP contribution in [-0.4, -0.2) is 36.6 Å². The molecule has 0 saturated heterocycles. The van der Waals surface area contributed by atoms with Gasteiger partial charge in [-0.1, -0.05) is 11.0 Å². The number of aryl methyl sites for hydroxylation is 1. The summed E-state index contributed by atoms with van der Waals surface area (Å²) in [7, 11) is 1.80. The van der Waals surface area contributed by atoms with Crippen molar-refractivity contribution in [2.24, 2.45) is 12.1 Å². The van der Waals surface area contributed by atoms with Crippen LogP contribution in [0.1, 0.15) is 11.1 Å². The number of hydrogen-bond acceptors (Lipinski definition) is 5. The first-order valence-electron chi connectivity index (χ1n) is 6.97. The Morgan fingerprint density at radius 2 is 2.08 bits per heavy atom. The number of hydrogen-bond donors (Lipinski definition) is 1. The number of nitrogens with zero attached hydrogens (tertiary/aromatic N) is 6. The average Bonchev–Trinajstić information content (AvgIpc) is 3.07. The molecule has 0 aliphatic carbocycles. The van der Waals surface area contributed by atoms with Gasteiger partial charge in [-0.2, -0.15) is 4.98 Å². The lowest BCUT2D eigenvalue weighted by atomic mass is 10.1. The van der Waals surface area contributed by atoms with E-state index in [2.05, 4.69) is 38.6 Å². The van der Waals surface area contributed by atoms with Crippen LogP contribution in [0.3, 0.4) is 0 Å². The van der Waals surface area contributed by atoms with Gasteiger partial charge in [-0.3, -0.25) is 0 Å². The van der Waals surface area contributed by atoms with Crippen LogP contribution in [0.25, 0.3) is 11.0 Å². The van der Waals surface area contributed by atoms with Gasteiger partial charge in [0.05, 0.1) is 29.6 Å². The number of anilines is 1. The maximum atomic E-state index is 14.2. The Hall–Kier alpha value is -3.60. The predicted molar refractivity (Wildman–Crippen MR) is 87.6 cm³/mol. The van der Waals surface area contributed by atoms with Crippen LogP contribution in [-0.2, 0) is 7.05 Å². The highest BCUT2D eigenvalue weighted by atomic mass is 19.1. The number of nitrogens with two attached hydrogens (primary N) is 1. The number of nitrogen functional groups attached to an aromatic ring is 1. The van der Waals surface area contributed by atoms with Gasteiger partial charge in [0.25, 0.3) is 0 Å². The molecule has 116 valence electrons. The lowest BCUT2D eigenvalue weighted by Crippen LogP contribution is -2.03. The number of rotatable bonds is 0. The average molecular weight is 320 g/mol. The lowest BCUT2D eigenvalue weighted by molar-refractivity contribution is -0.435. The first-order chi connectivity index (χ1) is 11.5. The van der Waals surface area contributed by atoms with Crippen LogP contribution >= 0.6 is 0 Å².